The summed E-state index contributed by atoms with van der Waals surface area (Å²) >= 11 is 6.14. The highest BCUT2D eigenvalue weighted by molar-refractivity contribution is 7.88. The minimum atomic E-state index is -3.40. The van der Waals surface area contributed by atoms with Gasteiger partial charge in [-0.15, -0.1) is 0 Å². The molecule has 0 radical (unpaired) electrons. The number of benzene rings is 1. The molecule has 0 saturated carbocycles. The molecule has 6 nitrogen and oxygen atoms in total. The van der Waals surface area contributed by atoms with E-state index >= 15 is 0 Å². The van der Waals surface area contributed by atoms with Gasteiger partial charge in [-0.3, -0.25) is 4.79 Å². The number of methoxy groups -OCH3 is 1. The van der Waals surface area contributed by atoms with Gasteiger partial charge < -0.3 is 10.1 Å². The molecule has 1 aromatic carbocycles. The zero-order valence-corrected chi connectivity index (χ0v) is 14.8. The molecular formula is C15H21ClN2O4S. The quantitative estimate of drug-likeness (QED) is 0.868. The van der Waals surface area contributed by atoms with Crippen LogP contribution >= 0.6 is 11.6 Å². The Labute approximate surface area is 141 Å². The SMILES string of the molecule is COc1cccc(Cl)c1CNC(=O)C1CCCCN1S(C)(=O)=O. The Hall–Kier alpha value is -1.31. The summed E-state index contributed by atoms with van der Waals surface area (Å²) in [6.07, 6.45) is 3.27. The fourth-order valence-corrected chi connectivity index (χ4v) is 4.12. The van der Waals surface area contributed by atoms with Gasteiger partial charge in [-0.05, 0) is 25.0 Å². The molecule has 1 unspecified atom stereocenters. The molecule has 0 aromatic heterocycles. The molecule has 1 heterocycles. The van der Waals surface area contributed by atoms with E-state index in [0.717, 1.165) is 19.1 Å². The van der Waals surface area contributed by atoms with Gasteiger partial charge in [0.1, 0.15) is 11.8 Å². The number of piperidine rings is 1. The molecule has 0 aliphatic carbocycles. The maximum Gasteiger partial charge on any atom is 0.238 e. The third-order valence-corrected chi connectivity index (χ3v) is 5.56. The summed E-state index contributed by atoms with van der Waals surface area (Å²) < 4.78 is 30.2. The summed E-state index contributed by atoms with van der Waals surface area (Å²) in [5.74, 6) is 0.276. The second-order valence-corrected chi connectivity index (χ2v) is 7.87. The number of amides is 1. The van der Waals surface area contributed by atoms with Gasteiger partial charge in [0, 0.05) is 23.7 Å². The molecule has 1 aliphatic rings. The predicted molar refractivity (Wildman–Crippen MR) is 89.0 cm³/mol. The number of nitrogens with one attached hydrogen (secondary N) is 1. The molecule has 0 bridgehead atoms. The normalized spacial score (nSPS) is 19.3. The standard InChI is InChI=1S/C15H21ClN2O4S/c1-22-14-8-5-6-12(16)11(14)10-17-15(19)13-7-3-4-9-18(13)23(2,20)21/h5-6,8,13H,3-4,7,9-10H2,1-2H3,(H,17,19). The van der Waals surface area contributed by atoms with Crippen molar-refractivity contribution < 1.29 is 17.9 Å². The van der Waals surface area contributed by atoms with Crippen molar-refractivity contribution in [2.24, 2.45) is 0 Å². The lowest BCUT2D eigenvalue weighted by molar-refractivity contribution is -0.125. The summed E-state index contributed by atoms with van der Waals surface area (Å²) in [5.41, 5.74) is 0.673. The lowest BCUT2D eigenvalue weighted by Crippen LogP contribution is -2.51. The Bertz CT molecular complexity index is 678. The largest absolute Gasteiger partial charge is 0.496 e. The van der Waals surface area contributed by atoms with E-state index in [2.05, 4.69) is 5.32 Å². The number of sulfonamides is 1. The van der Waals surface area contributed by atoms with Crippen molar-refractivity contribution in [1.82, 2.24) is 9.62 Å². The fraction of sp³-hybridized carbons (Fsp3) is 0.533. The van der Waals surface area contributed by atoms with Crippen molar-refractivity contribution >= 4 is 27.5 Å². The van der Waals surface area contributed by atoms with Crippen LogP contribution in [0.25, 0.3) is 0 Å². The molecular weight excluding hydrogens is 340 g/mol. The van der Waals surface area contributed by atoms with Gasteiger partial charge in [-0.25, -0.2) is 8.42 Å². The van der Waals surface area contributed by atoms with Gasteiger partial charge in [0.25, 0.3) is 0 Å². The van der Waals surface area contributed by atoms with Gasteiger partial charge in [0.15, 0.2) is 0 Å². The first-order chi connectivity index (χ1) is 10.8. The van der Waals surface area contributed by atoms with Crippen LogP contribution in [0.3, 0.4) is 0 Å². The number of ether oxygens (including phenoxy) is 1. The van der Waals surface area contributed by atoms with Crippen LogP contribution in [0.15, 0.2) is 18.2 Å². The van der Waals surface area contributed by atoms with Crippen molar-refractivity contribution in [1.29, 1.82) is 0 Å². The number of hydrogen-bond donors (Lipinski definition) is 1. The van der Waals surface area contributed by atoms with Gasteiger partial charge in [0.2, 0.25) is 15.9 Å². The molecule has 128 valence electrons. The van der Waals surface area contributed by atoms with Crippen LogP contribution in [0.2, 0.25) is 5.02 Å². The van der Waals surface area contributed by atoms with Crippen LogP contribution in [0.4, 0.5) is 0 Å². The highest BCUT2D eigenvalue weighted by Gasteiger charge is 2.34. The van der Waals surface area contributed by atoms with E-state index in [4.69, 9.17) is 16.3 Å². The molecule has 1 atom stereocenters. The van der Waals surface area contributed by atoms with E-state index < -0.39 is 16.1 Å². The predicted octanol–water partition coefficient (Wildman–Crippen LogP) is 1.78. The number of rotatable bonds is 5. The van der Waals surface area contributed by atoms with Crippen molar-refractivity contribution in [3.63, 3.8) is 0 Å². The number of halogens is 1. The minimum absolute atomic E-state index is 0.190. The molecule has 1 saturated heterocycles. The van der Waals surface area contributed by atoms with E-state index in [9.17, 15) is 13.2 Å². The van der Waals surface area contributed by atoms with E-state index in [1.807, 2.05) is 0 Å². The van der Waals surface area contributed by atoms with Gasteiger partial charge in [0.05, 0.1) is 13.4 Å². The third kappa shape index (κ3) is 4.37. The monoisotopic (exact) mass is 360 g/mol. The zero-order chi connectivity index (χ0) is 17.0. The summed E-state index contributed by atoms with van der Waals surface area (Å²) in [6, 6.07) is 4.58. The molecule has 1 aliphatic heterocycles. The molecule has 1 amide bonds. The highest BCUT2D eigenvalue weighted by atomic mass is 35.5. The van der Waals surface area contributed by atoms with Crippen LogP contribution in [-0.4, -0.2) is 44.6 Å². The zero-order valence-electron chi connectivity index (χ0n) is 13.2. The van der Waals surface area contributed by atoms with Crippen molar-refractivity contribution in [3.05, 3.63) is 28.8 Å². The summed E-state index contributed by atoms with van der Waals surface area (Å²) in [6.45, 7) is 0.572. The molecule has 8 heteroatoms. The fourth-order valence-electron chi connectivity index (χ4n) is 2.76. The van der Waals surface area contributed by atoms with Crippen LogP contribution in [0.1, 0.15) is 24.8 Å². The van der Waals surface area contributed by atoms with Crippen LogP contribution in [0, 0.1) is 0 Å². The Morgan fingerprint density at radius 3 is 2.83 bits per heavy atom. The van der Waals surface area contributed by atoms with E-state index in [1.54, 1.807) is 18.2 Å². The average molecular weight is 361 g/mol. The van der Waals surface area contributed by atoms with Gasteiger partial charge in [-0.2, -0.15) is 4.31 Å². The van der Waals surface area contributed by atoms with Gasteiger partial charge >= 0.3 is 0 Å². The van der Waals surface area contributed by atoms with E-state index in [0.29, 0.717) is 29.3 Å². The Morgan fingerprint density at radius 1 is 1.43 bits per heavy atom. The number of carbonyl (C=O) groups excluding carboxylic acids is 1. The second-order valence-electron chi connectivity index (χ2n) is 5.52. The van der Waals surface area contributed by atoms with Crippen molar-refractivity contribution in [3.8, 4) is 5.75 Å². The number of carbonyl (C=O) groups is 1. The first kappa shape index (κ1) is 18.0. The number of hydrogen-bond acceptors (Lipinski definition) is 4. The third-order valence-electron chi connectivity index (χ3n) is 3.92. The maximum absolute atomic E-state index is 12.4. The second kappa shape index (κ2) is 7.51. The van der Waals surface area contributed by atoms with Crippen molar-refractivity contribution in [2.45, 2.75) is 31.8 Å². The summed E-state index contributed by atoms with van der Waals surface area (Å²) in [5, 5.41) is 3.27. The van der Waals surface area contributed by atoms with Crippen LogP contribution < -0.4 is 10.1 Å². The first-order valence-corrected chi connectivity index (χ1v) is 9.63. The summed E-state index contributed by atoms with van der Waals surface area (Å²) in [7, 11) is -1.87. The Morgan fingerprint density at radius 2 is 2.17 bits per heavy atom. The molecule has 0 spiro atoms. The molecule has 1 fully saturated rings. The lowest BCUT2D eigenvalue weighted by atomic mass is 10.0. The van der Waals surface area contributed by atoms with Crippen molar-refractivity contribution in [2.75, 3.05) is 19.9 Å². The molecule has 1 N–H and O–H groups in total. The van der Waals surface area contributed by atoms with Gasteiger partial charge in [-0.1, -0.05) is 24.1 Å². The van der Waals surface area contributed by atoms with E-state index in [-0.39, 0.29) is 12.5 Å². The van der Waals surface area contributed by atoms with Crippen LogP contribution in [0.5, 0.6) is 5.75 Å². The Balaban J connectivity index is 2.10. The molecule has 2 rings (SSSR count). The first-order valence-electron chi connectivity index (χ1n) is 7.40. The van der Waals surface area contributed by atoms with Crippen LogP contribution in [-0.2, 0) is 21.4 Å². The smallest absolute Gasteiger partial charge is 0.238 e. The lowest BCUT2D eigenvalue weighted by Gasteiger charge is -2.32. The highest BCUT2D eigenvalue weighted by Crippen LogP contribution is 2.26. The Kier molecular flexibility index (Phi) is 5.89. The maximum atomic E-state index is 12.4. The average Bonchev–Trinajstić information content (AvgIpc) is 2.52. The van der Waals surface area contributed by atoms with E-state index in [1.165, 1.54) is 11.4 Å². The molecule has 1 aromatic rings. The number of nitrogens with zero attached hydrogens (tertiary/aromatic N) is 1. The topological polar surface area (TPSA) is 75.7 Å². The molecule has 23 heavy (non-hydrogen) atoms. The minimum Gasteiger partial charge on any atom is -0.496 e. The summed E-state index contributed by atoms with van der Waals surface area (Å²) in [4.78, 5) is 12.4.